The van der Waals surface area contributed by atoms with E-state index < -0.39 is 89.8 Å². The van der Waals surface area contributed by atoms with Crippen LogP contribution in [0, 0.1) is 42.4 Å². The van der Waals surface area contributed by atoms with Crippen LogP contribution in [0.3, 0.4) is 0 Å². The van der Waals surface area contributed by atoms with Gasteiger partial charge in [-0.2, -0.15) is 9.78 Å². The summed E-state index contributed by atoms with van der Waals surface area (Å²) in [5, 5.41) is 90.6. The molecule has 9 aromatic rings. The van der Waals surface area contributed by atoms with Crippen LogP contribution in [-0.2, 0) is 38.5 Å². The molecule has 590 valence electrons. The number of aromatic carboxylic acids is 1. The molecule has 5 aromatic carbocycles. The molecule has 0 aliphatic heterocycles. The lowest BCUT2D eigenvalue weighted by Gasteiger charge is -2.10. The topological polar surface area (TPSA) is 589 Å². The standard InChI is InChI=1S/C14H13NO8.C14H14O6.C12H9NO8.C12H10O6.C10H16O5.C6H6O3.HNO3/c1-4-22-13(16)8-5-7-6-9(15(18)19)11(20-2)12(21-3)10(7)23-14(8)17;1-4-19-13(15)9-7-8-5-6-10(17-2)12(18-3)11(8)20-14(9)16;1-19-9-7(13(17)18)4-5-3-6(11(14)15)12(16)21-8(5)10(9)20-2;1-2-17-11(15)7-5-6-3-4-8(13)9(14)10(6)18-12(7)16;1-4-11-9-10(15-13-6-3)7-8-14-12-5-2;7-4-2-1-3-5(8)6(4)9;2-1(3)4/h5-6H,4H2,1-3H3;5-7H,4H2,1-3H3;3-4H,1-2H3,(H,14,15);3-5,13-14H,2H2,1H3;9H,4-6H2,1-3H3;1-3,7-9H;(H,2,3,4). The summed E-state index contributed by atoms with van der Waals surface area (Å²) in [6, 6.07) is 17.0. The van der Waals surface area contributed by atoms with Gasteiger partial charge in [0, 0.05) is 39.6 Å². The summed E-state index contributed by atoms with van der Waals surface area (Å²) < 4.78 is 69.4. The molecule has 0 aliphatic rings. The smallest absolute Gasteiger partial charge is 0.351 e. The van der Waals surface area contributed by atoms with Gasteiger partial charge in [0.15, 0.2) is 57.2 Å². The van der Waals surface area contributed by atoms with Crippen LogP contribution in [0.1, 0.15) is 83.0 Å². The van der Waals surface area contributed by atoms with Gasteiger partial charge in [0.2, 0.25) is 34.5 Å². The van der Waals surface area contributed by atoms with Crippen molar-refractivity contribution in [1.29, 1.82) is 0 Å². The third kappa shape index (κ3) is 24.4. The number of hydrogen-bond donors (Lipinski definition) is 7. The van der Waals surface area contributed by atoms with Crippen LogP contribution >= 0.6 is 0 Å². The molecule has 0 saturated heterocycles. The first-order chi connectivity index (χ1) is 52.3. The van der Waals surface area contributed by atoms with Crippen LogP contribution in [0.4, 0.5) is 11.4 Å². The van der Waals surface area contributed by atoms with Crippen molar-refractivity contribution >= 4 is 79.1 Å². The van der Waals surface area contributed by atoms with Crippen LogP contribution in [0.2, 0.25) is 0 Å². The zero-order chi connectivity index (χ0) is 82.6. The third-order valence-electron chi connectivity index (χ3n) is 12.9. The SMILES string of the molecule is CCOC(=O)c1cc2cc([N+](=O)[O-])c(OC)c(OC)c2oc1=O.CCOC(=O)c1cc2ccc(O)c(O)c2oc1=O.CCOC(=O)c1cc2ccc(OC)c(OC)c2oc1=O.CCOC=C(C#COOCC)OOCC.COc1c([N+](=O)[O-])cc2cc(C(=O)O)c(=O)oc2c1OC.O=[N+]([O-])O.Oc1cccc(O)c1O. The number of fused-ring (bicyclic) bond motifs is 4. The van der Waals surface area contributed by atoms with Crippen LogP contribution in [0.5, 0.6) is 63.2 Å². The first kappa shape index (κ1) is 89.5. The van der Waals surface area contributed by atoms with Gasteiger partial charge >= 0.3 is 57.8 Å². The van der Waals surface area contributed by atoms with Crippen molar-refractivity contribution in [2.24, 2.45) is 0 Å². The number of aromatic hydroxyl groups is 5. The van der Waals surface area contributed by atoms with E-state index in [1.165, 1.54) is 91.4 Å². The Morgan fingerprint density at radius 1 is 0.455 bits per heavy atom. The van der Waals surface area contributed by atoms with E-state index in [2.05, 4.69) is 21.8 Å². The molecule has 0 atom stereocenters. The summed E-state index contributed by atoms with van der Waals surface area (Å²) in [5.41, 5.74) is -6.10. The molecule has 0 spiro atoms. The number of nitro benzene ring substituents is 2. The number of carbonyl (C=O) groups is 4. The minimum Gasteiger partial charge on any atom is -0.504 e. The van der Waals surface area contributed by atoms with Gasteiger partial charge in [-0.05, 0) is 102 Å². The maximum absolute atomic E-state index is 11.9. The van der Waals surface area contributed by atoms with Gasteiger partial charge < -0.3 is 106 Å². The second-order valence-electron chi connectivity index (χ2n) is 19.6. The molecule has 0 aliphatic carbocycles. The molecule has 0 bridgehead atoms. The predicted octanol–water partition coefficient (Wildman–Crippen LogP) is 8.90. The monoisotopic (exact) mass is 1550 g/mol. The van der Waals surface area contributed by atoms with Crippen LogP contribution in [-0.4, -0.2) is 157 Å². The highest BCUT2D eigenvalue weighted by Gasteiger charge is 2.29. The highest BCUT2D eigenvalue weighted by Crippen LogP contribution is 2.45. The molecular weight excluding hydrogens is 1480 g/mol. The minimum absolute atomic E-state index is 0.0383. The highest BCUT2D eigenvalue weighted by molar-refractivity contribution is 5.98. The molecule has 42 nitrogen and oxygen atoms in total. The van der Waals surface area contributed by atoms with Crippen LogP contribution < -0.4 is 50.9 Å². The summed E-state index contributed by atoms with van der Waals surface area (Å²) in [7, 11) is 7.81. The van der Waals surface area contributed by atoms with Crippen molar-refractivity contribution in [2.75, 3.05) is 82.3 Å². The lowest BCUT2D eigenvalue weighted by Crippen LogP contribution is -2.16. The van der Waals surface area contributed by atoms with Crippen molar-refractivity contribution in [3.8, 4) is 75.3 Å². The number of ether oxygens (including phenoxy) is 10. The number of nitro groups is 2. The fourth-order valence-corrected chi connectivity index (χ4v) is 8.33. The predicted molar refractivity (Wildman–Crippen MR) is 374 cm³/mol. The maximum atomic E-state index is 11.9. The Hall–Kier alpha value is -14.8. The largest absolute Gasteiger partial charge is 0.504 e. The zero-order valence-corrected chi connectivity index (χ0v) is 59.9. The molecule has 0 fully saturated rings. The molecule has 0 unspecified atom stereocenters. The number of methoxy groups -OCH3 is 6. The van der Waals surface area contributed by atoms with Gasteiger partial charge in [-0.1, -0.05) is 6.07 Å². The Balaban J connectivity index is 0.000000344. The Bertz CT molecular complexity index is 5100. The van der Waals surface area contributed by atoms with E-state index in [1.54, 1.807) is 46.8 Å². The molecule has 42 heteroatoms. The third-order valence-corrected chi connectivity index (χ3v) is 12.9. The Morgan fingerprint density at radius 3 is 1.20 bits per heavy atom. The Kier molecular flexibility index (Phi) is 35.9. The fraction of sp³-hybridized carbons (Fsp3) is 0.265. The molecule has 9 rings (SSSR count). The van der Waals surface area contributed by atoms with Gasteiger partial charge in [-0.25, -0.2) is 38.4 Å². The Morgan fingerprint density at radius 2 is 0.827 bits per heavy atom. The summed E-state index contributed by atoms with van der Waals surface area (Å²) in [6.45, 7) is 12.0. The number of para-hydroxylation sites is 1. The summed E-state index contributed by atoms with van der Waals surface area (Å²) in [4.78, 5) is 140. The van der Waals surface area contributed by atoms with Crippen LogP contribution in [0.25, 0.3) is 43.9 Å². The van der Waals surface area contributed by atoms with Gasteiger partial charge in [-0.15, -0.1) is 10.1 Å². The molecule has 0 amide bonds. The molecule has 7 N–H and O–H groups in total. The summed E-state index contributed by atoms with van der Waals surface area (Å²) >= 11 is 0. The number of benzene rings is 5. The van der Waals surface area contributed by atoms with E-state index in [9.17, 15) is 68.8 Å². The molecule has 0 radical (unpaired) electrons. The minimum atomic E-state index is -1.50. The van der Waals surface area contributed by atoms with Gasteiger partial charge in [-0.3, -0.25) is 25.1 Å². The van der Waals surface area contributed by atoms with Crippen LogP contribution in [0.15, 0.2) is 128 Å². The van der Waals surface area contributed by atoms with E-state index >= 15 is 0 Å². The van der Waals surface area contributed by atoms with Gasteiger partial charge in [0.25, 0.3) is 10.8 Å². The highest BCUT2D eigenvalue weighted by atomic mass is 17.2. The number of hydrogen-bond acceptors (Lipinski definition) is 37. The summed E-state index contributed by atoms with van der Waals surface area (Å²) in [6.07, 6.45) is 3.62. The number of carboxylic acid groups (broad SMARTS) is 1. The van der Waals surface area contributed by atoms with E-state index in [1.807, 2.05) is 6.92 Å². The number of carboxylic acids is 1. The first-order valence-electron chi connectivity index (χ1n) is 30.9. The second kappa shape index (κ2) is 44.1. The normalized spacial score (nSPS) is 10.1. The number of phenols is 5. The second-order valence-corrected chi connectivity index (χ2v) is 19.6. The number of rotatable bonds is 22. The fourth-order valence-electron chi connectivity index (χ4n) is 8.33. The Labute approximate surface area is 616 Å². The van der Waals surface area contributed by atoms with E-state index in [0.717, 1.165) is 24.3 Å². The summed E-state index contributed by atoms with van der Waals surface area (Å²) in [5.74, 6) is -3.11. The van der Waals surface area contributed by atoms with Crippen molar-refractivity contribution in [2.45, 2.75) is 41.5 Å². The number of carbonyl (C=O) groups excluding carboxylic acids is 3. The van der Waals surface area contributed by atoms with Gasteiger partial charge in [0.1, 0.15) is 28.5 Å². The maximum Gasteiger partial charge on any atom is 0.351 e. The molecule has 4 heterocycles. The average molecular weight is 1550 g/mol. The zero-order valence-electron chi connectivity index (χ0n) is 59.9. The average Bonchev–Trinajstić information content (AvgIpc) is 0.777. The molecule has 110 heavy (non-hydrogen) atoms. The molecular formula is C68H69N3O39. The van der Waals surface area contributed by atoms with Crippen molar-refractivity contribution < 1.29 is 155 Å². The van der Waals surface area contributed by atoms with Crippen molar-refractivity contribution in [3.63, 3.8) is 0 Å². The number of nitrogens with zero attached hydrogens (tertiary/aromatic N) is 3. The van der Waals surface area contributed by atoms with E-state index in [-0.39, 0.29) is 116 Å². The lowest BCUT2D eigenvalue weighted by atomic mass is 10.1. The van der Waals surface area contributed by atoms with Crippen molar-refractivity contribution in [1.82, 2.24) is 0 Å². The molecule has 4 aromatic heterocycles. The number of esters is 3. The lowest BCUT2D eigenvalue weighted by molar-refractivity contribution is -0.742. The quantitative estimate of drug-likeness (QED) is 0.00318. The van der Waals surface area contributed by atoms with E-state index in [4.69, 9.17) is 111 Å². The number of phenolic OH excluding ortho intramolecular Hbond substituents is 5. The van der Waals surface area contributed by atoms with Crippen molar-refractivity contribution in [3.05, 3.63) is 185 Å². The number of allylic oxidation sites excluding steroid dienone is 1. The van der Waals surface area contributed by atoms with E-state index in [0.29, 0.717) is 42.1 Å². The molecule has 0 saturated carbocycles. The van der Waals surface area contributed by atoms with Gasteiger partial charge in [0.05, 0.1) is 92.1 Å². The first-order valence-corrected chi connectivity index (χ1v) is 30.9.